The summed E-state index contributed by atoms with van der Waals surface area (Å²) in [6, 6.07) is 4.13. The summed E-state index contributed by atoms with van der Waals surface area (Å²) >= 11 is 0. The fourth-order valence-electron chi connectivity index (χ4n) is 2.68. The number of hydrogen-bond acceptors (Lipinski definition) is 3. The van der Waals surface area contributed by atoms with E-state index >= 15 is 0 Å². The normalized spacial score (nSPS) is 18.0. The van der Waals surface area contributed by atoms with Gasteiger partial charge in [-0.25, -0.2) is 4.79 Å². The third kappa shape index (κ3) is 4.77. The molecule has 0 unspecified atom stereocenters. The lowest BCUT2D eigenvalue weighted by Gasteiger charge is -2.18. The summed E-state index contributed by atoms with van der Waals surface area (Å²) in [5.41, 5.74) is 0. The second-order valence-electron chi connectivity index (χ2n) is 6.09. The predicted octanol–water partition coefficient (Wildman–Crippen LogP) is 2.67. The van der Waals surface area contributed by atoms with Crippen molar-refractivity contribution in [1.82, 2.24) is 10.6 Å². The maximum atomic E-state index is 11.9. The lowest BCUT2D eigenvalue weighted by molar-refractivity contribution is 0.104. The van der Waals surface area contributed by atoms with Crippen LogP contribution in [0.15, 0.2) is 22.8 Å². The van der Waals surface area contributed by atoms with Crippen molar-refractivity contribution in [3.63, 3.8) is 0 Å². The van der Waals surface area contributed by atoms with Gasteiger partial charge in [0.1, 0.15) is 12.4 Å². The molecule has 1 aromatic heterocycles. The molecule has 21 heavy (non-hydrogen) atoms. The maximum absolute atomic E-state index is 11.9. The Morgan fingerprint density at radius 3 is 2.71 bits per heavy atom. The van der Waals surface area contributed by atoms with Gasteiger partial charge in [0.2, 0.25) is 0 Å². The highest BCUT2D eigenvalue weighted by atomic mass is 16.5. The Hall–Kier alpha value is -1.49. The molecule has 2 fully saturated rings. The molecule has 3 rings (SSSR count). The van der Waals surface area contributed by atoms with E-state index in [0.29, 0.717) is 25.8 Å². The fourth-order valence-corrected chi connectivity index (χ4v) is 2.68. The molecule has 0 aromatic carbocycles. The zero-order valence-corrected chi connectivity index (χ0v) is 12.3. The van der Waals surface area contributed by atoms with E-state index < -0.39 is 0 Å². The van der Waals surface area contributed by atoms with Gasteiger partial charge in [-0.05, 0) is 56.1 Å². The van der Waals surface area contributed by atoms with Crippen LogP contribution in [0.1, 0.15) is 37.9 Å². The van der Waals surface area contributed by atoms with E-state index in [1.54, 1.807) is 6.26 Å². The highest BCUT2D eigenvalue weighted by Gasteiger charge is 2.42. The summed E-state index contributed by atoms with van der Waals surface area (Å²) in [5.74, 6) is 2.30. The molecule has 0 radical (unpaired) electrons. The molecule has 0 aliphatic heterocycles. The van der Waals surface area contributed by atoms with E-state index in [9.17, 15) is 4.79 Å². The first-order valence-corrected chi connectivity index (χ1v) is 7.97. The zero-order valence-electron chi connectivity index (χ0n) is 12.3. The summed E-state index contributed by atoms with van der Waals surface area (Å²) in [4.78, 5) is 11.9. The molecular weight excluding hydrogens is 268 g/mol. The summed E-state index contributed by atoms with van der Waals surface area (Å²) < 4.78 is 10.6. The molecule has 2 aliphatic carbocycles. The van der Waals surface area contributed by atoms with Gasteiger partial charge in [-0.3, -0.25) is 0 Å². The first-order chi connectivity index (χ1) is 10.3. The SMILES string of the molecule is O=C(NCCCOCc1ccco1)NC(C1CC1)C1CC1. The number of carbonyl (C=O) groups is 1. The van der Waals surface area contributed by atoms with Gasteiger partial charge in [0.25, 0.3) is 0 Å². The van der Waals surface area contributed by atoms with Gasteiger partial charge in [-0.1, -0.05) is 0 Å². The van der Waals surface area contributed by atoms with Crippen LogP contribution >= 0.6 is 0 Å². The first-order valence-electron chi connectivity index (χ1n) is 7.97. The molecule has 116 valence electrons. The third-order valence-electron chi connectivity index (χ3n) is 4.13. The second kappa shape index (κ2) is 6.98. The van der Waals surface area contributed by atoms with Crippen molar-refractivity contribution in [2.75, 3.05) is 13.2 Å². The van der Waals surface area contributed by atoms with Gasteiger partial charge in [0.15, 0.2) is 0 Å². The average Bonchev–Trinajstić information content (AvgIpc) is 3.40. The number of furan rings is 1. The summed E-state index contributed by atoms with van der Waals surface area (Å²) in [6.07, 6.45) is 7.57. The lowest BCUT2D eigenvalue weighted by Crippen LogP contribution is -2.44. The van der Waals surface area contributed by atoms with Gasteiger partial charge >= 0.3 is 6.03 Å². The van der Waals surface area contributed by atoms with Crippen molar-refractivity contribution >= 4 is 6.03 Å². The summed E-state index contributed by atoms with van der Waals surface area (Å²) in [7, 11) is 0. The summed E-state index contributed by atoms with van der Waals surface area (Å²) in [5, 5.41) is 6.07. The van der Waals surface area contributed by atoms with E-state index in [1.807, 2.05) is 12.1 Å². The maximum Gasteiger partial charge on any atom is 0.315 e. The van der Waals surface area contributed by atoms with Crippen LogP contribution in [0.25, 0.3) is 0 Å². The number of hydrogen-bond donors (Lipinski definition) is 2. The number of rotatable bonds is 9. The van der Waals surface area contributed by atoms with Crippen LogP contribution in [-0.2, 0) is 11.3 Å². The number of ether oxygens (including phenoxy) is 1. The minimum absolute atomic E-state index is 0.0233. The topological polar surface area (TPSA) is 63.5 Å². The smallest absolute Gasteiger partial charge is 0.315 e. The Balaban J connectivity index is 1.22. The van der Waals surface area contributed by atoms with Gasteiger partial charge in [0.05, 0.1) is 6.26 Å². The molecule has 0 spiro atoms. The molecule has 2 amide bonds. The quantitative estimate of drug-likeness (QED) is 0.688. The van der Waals surface area contributed by atoms with Crippen LogP contribution in [0.5, 0.6) is 0 Å². The Bertz CT molecular complexity index is 426. The van der Waals surface area contributed by atoms with Crippen LogP contribution in [0, 0.1) is 11.8 Å². The number of nitrogens with one attached hydrogen (secondary N) is 2. The molecule has 2 aliphatic rings. The predicted molar refractivity (Wildman–Crippen MR) is 78.8 cm³/mol. The number of carbonyl (C=O) groups excluding carboxylic acids is 1. The van der Waals surface area contributed by atoms with Crippen LogP contribution in [0.2, 0.25) is 0 Å². The van der Waals surface area contributed by atoms with Crippen LogP contribution < -0.4 is 10.6 Å². The van der Waals surface area contributed by atoms with Gasteiger partial charge in [-0.2, -0.15) is 0 Å². The second-order valence-corrected chi connectivity index (χ2v) is 6.09. The van der Waals surface area contributed by atoms with E-state index in [1.165, 1.54) is 25.7 Å². The molecule has 2 N–H and O–H groups in total. The van der Waals surface area contributed by atoms with Crippen molar-refractivity contribution in [3.05, 3.63) is 24.2 Å². The number of urea groups is 1. The van der Waals surface area contributed by atoms with Crippen molar-refractivity contribution in [3.8, 4) is 0 Å². The molecule has 1 aromatic rings. The molecule has 5 nitrogen and oxygen atoms in total. The minimum Gasteiger partial charge on any atom is -0.467 e. The monoisotopic (exact) mass is 292 g/mol. The molecule has 5 heteroatoms. The zero-order chi connectivity index (χ0) is 14.5. The molecule has 0 bridgehead atoms. The Kier molecular flexibility index (Phi) is 4.80. The van der Waals surface area contributed by atoms with Crippen LogP contribution in [-0.4, -0.2) is 25.2 Å². The molecule has 2 saturated carbocycles. The van der Waals surface area contributed by atoms with E-state index in [0.717, 1.165) is 24.0 Å². The average molecular weight is 292 g/mol. The van der Waals surface area contributed by atoms with Crippen LogP contribution in [0.4, 0.5) is 4.79 Å². The molecule has 1 heterocycles. The standard InChI is InChI=1S/C16H24N2O3/c19-16(18-15(12-4-5-12)13-6-7-13)17-8-2-9-20-11-14-3-1-10-21-14/h1,3,10,12-13,15H,2,4-9,11H2,(H2,17,18,19). The van der Waals surface area contributed by atoms with Crippen molar-refractivity contribution in [1.29, 1.82) is 0 Å². The van der Waals surface area contributed by atoms with E-state index in [2.05, 4.69) is 10.6 Å². The lowest BCUT2D eigenvalue weighted by atomic mass is 10.1. The first kappa shape index (κ1) is 14.4. The number of amides is 2. The van der Waals surface area contributed by atoms with Crippen LogP contribution in [0.3, 0.4) is 0 Å². The molecule has 0 atom stereocenters. The van der Waals surface area contributed by atoms with Gasteiger partial charge in [-0.15, -0.1) is 0 Å². The van der Waals surface area contributed by atoms with Crippen molar-refractivity contribution in [2.24, 2.45) is 11.8 Å². The van der Waals surface area contributed by atoms with Gasteiger partial charge in [0, 0.05) is 19.2 Å². The minimum atomic E-state index is -0.0233. The fraction of sp³-hybridized carbons (Fsp3) is 0.688. The highest BCUT2D eigenvalue weighted by molar-refractivity contribution is 5.74. The molecule has 0 saturated heterocycles. The van der Waals surface area contributed by atoms with E-state index in [4.69, 9.17) is 9.15 Å². The largest absolute Gasteiger partial charge is 0.467 e. The molecular formula is C16H24N2O3. The third-order valence-corrected chi connectivity index (χ3v) is 4.13. The Morgan fingerprint density at radius 2 is 2.10 bits per heavy atom. The van der Waals surface area contributed by atoms with Crippen molar-refractivity contribution in [2.45, 2.75) is 44.8 Å². The summed E-state index contributed by atoms with van der Waals surface area (Å²) in [6.45, 7) is 1.76. The highest BCUT2D eigenvalue weighted by Crippen LogP contribution is 2.44. The van der Waals surface area contributed by atoms with Gasteiger partial charge < -0.3 is 19.8 Å². The Labute approximate surface area is 125 Å². The Morgan fingerprint density at radius 1 is 1.33 bits per heavy atom. The van der Waals surface area contributed by atoms with E-state index in [-0.39, 0.29) is 6.03 Å². The van der Waals surface area contributed by atoms with Crippen molar-refractivity contribution < 1.29 is 13.9 Å².